The Morgan fingerprint density at radius 2 is 2.00 bits per heavy atom. The van der Waals surface area contributed by atoms with Crippen LogP contribution in [0.5, 0.6) is 0 Å². The molecule has 0 bridgehead atoms. The Hall–Kier alpha value is -0.800. The maximum atomic E-state index is 6.16. The first-order chi connectivity index (χ1) is 10.1. The maximum absolute atomic E-state index is 6.16. The van der Waals surface area contributed by atoms with E-state index in [2.05, 4.69) is 60.2 Å². The molecular formula is C18H24BrNO. The number of hydrogen-bond acceptors (Lipinski definition) is 2. The summed E-state index contributed by atoms with van der Waals surface area (Å²) in [5.74, 6) is 1.71. The van der Waals surface area contributed by atoms with Crippen LogP contribution in [0.3, 0.4) is 0 Å². The summed E-state index contributed by atoms with van der Waals surface area (Å²) < 4.78 is 7.27. The van der Waals surface area contributed by atoms with E-state index in [1.54, 1.807) is 0 Å². The van der Waals surface area contributed by atoms with Crippen molar-refractivity contribution in [3.63, 3.8) is 0 Å². The number of halogens is 1. The Balaban J connectivity index is 1.94. The molecule has 0 amide bonds. The SMILES string of the molecule is CCNC1CC(c2cc3cc(Br)ccc3o2)C1(CC)CC. The number of nitrogens with one attached hydrogen (secondary N) is 1. The summed E-state index contributed by atoms with van der Waals surface area (Å²) in [5, 5.41) is 4.87. The van der Waals surface area contributed by atoms with Gasteiger partial charge in [0.15, 0.2) is 0 Å². The Morgan fingerprint density at radius 1 is 1.24 bits per heavy atom. The molecular weight excluding hydrogens is 326 g/mol. The second-order valence-electron chi connectivity index (χ2n) is 6.17. The van der Waals surface area contributed by atoms with E-state index in [0.717, 1.165) is 16.6 Å². The summed E-state index contributed by atoms with van der Waals surface area (Å²) in [6.45, 7) is 7.88. The summed E-state index contributed by atoms with van der Waals surface area (Å²) in [7, 11) is 0. The van der Waals surface area contributed by atoms with Gasteiger partial charge in [-0.2, -0.15) is 0 Å². The van der Waals surface area contributed by atoms with Gasteiger partial charge in [-0.25, -0.2) is 0 Å². The molecule has 1 aromatic heterocycles. The van der Waals surface area contributed by atoms with E-state index >= 15 is 0 Å². The third-order valence-electron chi connectivity index (χ3n) is 5.47. The van der Waals surface area contributed by atoms with Crippen molar-refractivity contribution in [2.45, 2.75) is 52.0 Å². The topological polar surface area (TPSA) is 25.2 Å². The summed E-state index contributed by atoms with van der Waals surface area (Å²) in [6.07, 6.45) is 3.59. The van der Waals surface area contributed by atoms with Crippen molar-refractivity contribution >= 4 is 26.9 Å². The van der Waals surface area contributed by atoms with Crippen LogP contribution in [0.1, 0.15) is 51.7 Å². The van der Waals surface area contributed by atoms with Gasteiger partial charge in [-0.1, -0.05) is 36.7 Å². The third kappa shape index (κ3) is 2.35. The van der Waals surface area contributed by atoms with Gasteiger partial charge in [-0.3, -0.25) is 0 Å². The van der Waals surface area contributed by atoms with Gasteiger partial charge in [-0.15, -0.1) is 0 Å². The van der Waals surface area contributed by atoms with Crippen LogP contribution in [-0.2, 0) is 0 Å². The molecule has 1 fully saturated rings. The second-order valence-corrected chi connectivity index (χ2v) is 7.09. The normalized spacial score (nSPS) is 24.2. The predicted octanol–water partition coefficient (Wildman–Crippen LogP) is 5.47. The first-order valence-electron chi connectivity index (χ1n) is 8.07. The van der Waals surface area contributed by atoms with Gasteiger partial charge in [0.25, 0.3) is 0 Å². The molecule has 1 aliphatic rings. The molecule has 0 radical (unpaired) electrons. The van der Waals surface area contributed by atoms with E-state index in [1.807, 2.05) is 6.07 Å². The molecule has 3 rings (SSSR count). The number of furan rings is 1. The van der Waals surface area contributed by atoms with Crippen LogP contribution in [0.4, 0.5) is 0 Å². The molecule has 1 heterocycles. The Labute approximate surface area is 135 Å². The van der Waals surface area contributed by atoms with Gasteiger partial charge in [-0.05, 0) is 55.5 Å². The summed E-state index contributed by atoms with van der Waals surface area (Å²) in [4.78, 5) is 0. The molecule has 2 unspecified atom stereocenters. The van der Waals surface area contributed by atoms with Gasteiger partial charge in [0.2, 0.25) is 0 Å². The van der Waals surface area contributed by atoms with E-state index in [9.17, 15) is 0 Å². The monoisotopic (exact) mass is 349 g/mol. The van der Waals surface area contributed by atoms with E-state index in [-0.39, 0.29) is 0 Å². The van der Waals surface area contributed by atoms with Crippen molar-refractivity contribution in [1.29, 1.82) is 0 Å². The predicted molar refractivity (Wildman–Crippen MR) is 91.8 cm³/mol. The number of benzene rings is 1. The van der Waals surface area contributed by atoms with E-state index in [0.29, 0.717) is 17.4 Å². The lowest BCUT2D eigenvalue weighted by Crippen LogP contribution is -2.58. The summed E-state index contributed by atoms with van der Waals surface area (Å²) in [6, 6.07) is 9.12. The van der Waals surface area contributed by atoms with Crippen molar-refractivity contribution in [1.82, 2.24) is 5.32 Å². The molecule has 0 saturated heterocycles. The van der Waals surface area contributed by atoms with Gasteiger partial charge >= 0.3 is 0 Å². The number of hydrogen-bond donors (Lipinski definition) is 1. The quantitative estimate of drug-likeness (QED) is 0.774. The molecule has 2 aromatic rings. The van der Waals surface area contributed by atoms with E-state index in [1.165, 1.54) is 30.4 Å². The molecule has 3 heteroatoms. The number of rotatable bonds is 5. The average molecular weight is 350 g/mol. The Morgan fingerprint density at radius 3 is 2.67 bits per heavy atom. The van der Waals surface area contributed by atoms with Crippen LogP contribution < -0.4 is 5.32 Å². The van der Waals surface area contributed by atoms with Crippen molar-refractivity contribution in [3.8, 4) is 0 Å². The zero-order chi connectivity index (χ0) is 15.0. The van der Waals surface area contributed by atoms with Crippen molar-refractivity contribution < 1.29 is 4.42 Å². The van der Waals surface area contributed by atoms with Crippen LogP contribution in [0, 0.1) is 5.41 Å². The van der Waals surface area contributed by atoms with Crippen LogP contribution in [0.25, 0.3) is 11.0 Å². The van der Waals surface area contributed by atoms with Crippen LogP contribution in [-0.4, -0.2) is 12.6 Å². The Kier molecular flexibility index (Phi) is 4.15. The largest absolute Gasteiger partial charge is 0.461 e. The molecule has 1 aromatic carbocycles. The van der Waals surface area contributed by atoms with Gasteiger partial charge in [0, 0.05) is 21.8 Å². The van der Waals surface area contributed by atoms with Gasteiger partial charge in [0.05, 0.1) is 0 Å². The third-order valence-corrected chi connectivity index (χ3v) is 5.96. The fourth-order valence-electron chi connectivity index (χ4n) is 4.16. The lowest BCUT2D eigenvalue weighted by molar-refractivity contribution is 0.0108. The zero-order valence-electron chi connectivity index (χ0n) is 13.1. The molecule has 114 valence electrons. The molecule has 2 atom stereocenters. The molecule has 1 aliphatic carbocycles. The van der Waals surface area contributed by atoms with Gasteiger partial charge < -0.3 is 9.73 Å². The van der Waals surface area contributed by atoms with Crippen molar-refractivity contribution in [2.75, 3.05) is 6.54 Å². The zero-order valence-corrected chi connectivity index (χ0v) is 14.7. The van der Waals surface area contributed by atoms with E-state index < -0.39 is 0 Å². The number of fused-ring (bicyclic) bond motifs is 1. The minimum atomic E-state index is 0.348. The Bertz CT molecular complexity index is 629. The minimum Gasteiger partial charge on any atom is -0.461 e. The highest BCUT2D eigenvalue weighted by Gasteiger charge is 2.53. The maximum Gasteiger partial charge on any atom is 0.134 e. The first-order valence-corrected chi connectivity index (χ1v) is 8.86. The molecule has 2 nitrogen and oxygen atoms in total. The van der Waals surface area contributed by atoms with E-state index in [4.69, 9.17) is 4.42 Å². The average Bonchev–Trinajstić information content (AvgIpc) is 2.86. The highest BCUT2D eigenvalue weighted by Crippen LogP contribution is 2.57. The van der Waals surface area contributed by atoms with Crippen molar-refractivity contribution in [3.05, 3.63) is 34.5 Å². The molecule has 1 N–H and O–H groups in total. The highest BCUT2D eigenvalue weighted by molar-refractivity contribution is 9.10. The summed E-state index contributed by atoms with van der Waals surface area (Å²) in [5.41, 5.74) is 1.35. The molecule has 0 spiro atoms. The van der Waals surface area contributed by atoms with Gasteiger partial charge in [0.1, 0.15) is 11.3 Å². The summed E-state index contributed by atoms with van der Waals surface area (Å²) >= 11 is 3.54. The lowest BCUT2D eigenvalue weighted by Gasteiger charge is -2.55. The second kappa shape index (κ2) is 5.77. The molecule has 21 heavy (non-hydrogen) atoms. The first kappa shape index (κ1) is 15.1. The fourth-order valence-corrected chi connectivity index (χ4v) is 4.54. The standard InChI is InChI=1S/C18H24BrNO/c1-4-18(5-2)14(11-17(18)20-6-3)16-10-12-9-13(19)7-8-15(12)21-16/h7-10,14,17,20H,4-6,11H2,1-3H3. The van der Waals surface area contributed by atoms with Crippen LogP contribution in [0.15, 0.2) is 33.2 Å². The lowest BCUT2D eigenvalue weighted by atomic mass is 9.53. The van der Waals surface area contributed by atoms with Crippen LogP contribution in [0.2, 0.25) is 0 Å². The smallest absolute Gasteiger partial charge is 0.134 e. The minimum absolute atomic E-state index is 0.348. The fraction of sp³-hybridized carbons (Fsp3) is 0.556. The molecule has 1 saturated carbocycles. The van der Waals surface area contributed by atoms with Crippen LogP contribution >= 0.6 is 15.9 Å². The molecule has 0 aliphatic heterocycles. The van der Waals surface area contributed by atoms with Crippen molar-refractivity contribution in [2.24, 2.45) is 5.41 Å². The highest BCUT2D eigenvalue weighted by atomic mass is 79.9.